The zero-order valence-electron chi connectivity index (χ0n) is 15.5. The van der Waals surface area contributed by atoms with Gasteiger partial charge in [0.15, 0.2) is 0 Å². The number of H-pyrrole nitrogens is 1. The third-order valence-corrected chi connectivity index (χ3v) is 8.41. The van der Waals surface area contributed by atoms with Gasteiger partial charge in [-0.2, -0.15) is 0 Å². The molecule has 1 aromatic rings. The van der Waals surface area contributed by atoms with Crippen molar-refractivity contribution >= 4 is 5.57 Å². The lowest BCUT2D eigenvalue weighted by Crippen LogP contribution is -2.49. The Bertz CT molecular complexity index is 733. The van der Waals surface area contributed by atoms with Crippen molar-refractivity contribution < 1.29 is 5.11 Å². The van der Waals surface area contributed by atoms with E-state index in [0.29, 0.717) is 5.41 Å². The van der Waals surface area contributed by atoms with Gasteiger partial charge in [0.05, 0.1) is 6.10 Å². The topological polar surface area (TPSA) is 48.9 Å². The summed E-state index contributed by atoms with van der Waals surface area (Å²) >= 11 is 0. The monoisotopic (exact) mass is 338 g/mol. The predicted molar refractivity (Wildman–Crippen MR) is 99.7 cm³/mol. The van der Waals surface area contributed by atoms with E-state index >= 15 is 0 Å². The highest BCUT2D eigenvalue weighted by Gasteiger charge is 2.57. The molecule has 1 heterocycles. The Balaban J connectivity index is 1.48. The van der Waals surface area contributed by atoms with Crippen LogP contribution in [0.2, 0.25) is 0 Å². The van der Waals surface area contributed by atoms with Crippen molar-refractivity contribution in [2.45, 2.75) is 64.9 Å². The molecule has 1 aromatic heterocycles. The van der Waals surface area contributed by atoms with Crippen molar-refractivity contribution in [2.24, 2.45) is 28.6 Å². The molecule has 6 atom stereocenters. The molecule has 5 rings (SSSR count). The second-order valence-corrected chi connectivity index (χ2v) is 9.40. The zero-order valence-corrected chi connectivity index (χ0v) is 15.5. The molecule has 0 spiro atoms. The lowest BCUT2D eigenvalue weighted by atomic mass is 9.47. The van der Waals surface area contributed by atoms with E-state index in [0.717, 1.165) is 36.4 Å². The lowest BCUT2D eigenvalue weighted by molar-refractivity contribution is -0.0239. The van der Waals surface area contributed by atoms with Crippen LogP contribution in [0.15, 0.2) is 30.1 Å². The Morgan fingerprint density at radius 2 is 1.92 bits per heavy atom. The summed E-state index contributed by atoms with van der Waals surface area (Å²) in [5.74, 6) is 3.41. The summed E-state index contributed by atoms with van der Waals surface area (Å²) in [6.45, 7) is 4.99. The Morgan fingerprint density at radius 1 is 1.08 bits per heavy atom. The van der Waals surface area contributed by atoms with E-state index in [9.17, 15) is 5.11 Å². The molecular weight excluding hydrogens is 308 g/mol. The number of rotatable bonds is 1. The predicted octanol–water partition coefficient (Wildman–Crippen LogP) is 4.73. The van der Waals surface area contributed by atoms with Crippen LogP contribution in [0.5, 0.6) is 0 Å². The molecule has 3 heteroatoms. The summed E-state index contributed by atoms with van der Waals surface area (Å²) in [7, 11) is 0. The number of hydrogen-bond donors (Lipinski definition) is 2. The van der Waals surface area contributed by atoms with Crippen molar-refractivity contribution in [3.63, 3.8) is 0 Å². The van der Waals surface area contributed by atoms with Gasteiger partial charge in [0.2, 0.25) is 0 Å². The van der Waals surface area contributed by atoms with Crippen LogP contribution in [-0.2, 0) is 0 Å². The summed E-state index contributed by atoms with van der Waals surface area (Å²) in [5, 5.41) is 10.1. The molecule has 0 radical (unpaired) electrons. The highest BCUT2D eigenvalue weighted by molar-refractivity contribution is 5.68. The van der Waals surface area contributed by atoms with Gasteiger partial charge in [0.1, 0.15) is 5.82 Å². The number of aromatic amines is 1. The summed E-state index contributed by atoms with van der Waals surface area (Å²) < 4.78 is 0. The van der Waals surface area contributed by atoms with Crippen LogP contribution in [0.4, 0.5) is 0 Å². The van der Waals surface area contributed by atoms with Gasteiger partial charge in [0.25, 0.3) is 0 Å². The van der Waals surface area contributed by atoms with Crippen LogP contribution in [0.3, 0.4) is 0 Å². The SMILES string of the molecule is C[C@]12CC[C@H](O)CC1=CC[C@@H]1[C@@H]2CC[C@]2(C)C(c3ncc[nH]3)=CC[C@@H]12. The van der Waals surface area contributed by atoms with Crippen LogP contribution in [0.25, 0.3) is 5.57 Å². The average Bonchev–Trinajstić information content (AvgIpc) is 3.22. The summed E-state index contributed by atoms with van der Waals surface area (Å²) in [6.07, 6.45) is 16.8. The number of aromatic nitrogens is 2. The van der Waals surface area contributed by atoms with E-state index in [4.69, 9.17) is 0 Å². The van der Waals surface area contributed by atoms with Crippen molar-refractivity contribution in [3.05, 3.63) is 35.9 Å². The van der Waals surface area contributed by atoms with E-state index in [2.05, 4.69) is 36.0 Å². The fourth-order valence-electron chi connectivity index (χ4n) is 6.99. The van der Waals surface area contributed by atoms with Crippen molar-refractivity contribution in [1.82, 2.24) is 9.97 Å². The molecule has 2 fully saturated rings. The summed E-state index contributed by atoms with van der Waals surface area (Å²) in [4.78, 5) is 7.91. The first kappa shape index (κ1) is 15.9. The Kier molecular flexibility index (Phi) is 3.38. The van der Waals surface area contributed by atoms with Gasteiger partial charge >= 0.3 is 0 Å². The van der Waals surface area contributed by atoms with Crippen molar-refractivity contribution in [1.29, 1.82) is 0 Å². The third kappa shape index (κ3) is 2.11. The Labute approximate surface area is 150 Å². The van der Waals surface area contributed by atoms with Gasteiger partial charge in [-0.15, -0.1) is 0 Å². The average molecular weight is 338 g/mol. The fraction of sp³-hybridized carbons (Fsp3) is 0.682. The number of nitrogens with zero attached hydrogens (tertiary/aromatic N) is 1. The van der Waals surface area contributed by atoms with E-state index in [1.807, 2.05) is 12.4 Å². The number of hydrogen-bond acceptors (Lipinski definition) is 2. The van der Waals surface area contributed by atoms with E-state index in [1.165, 1.54) is 37.7 Å². The number of nitrogens with one attached hydrogen (secondary N) is 1. The van der Waals surface area contributed by atoms with Crippen LogP contribution in [-0.4, -0.2) is 21.2 Å². The highest BCUT2D eigenvalue weighted by Crippen LogP contribution is 2.66. The second-order valence-electron chi connectivity index (χ2n) is 9.40. The largest absolute Gasteiger partial charge is 0.393 e. The van der Waals surface area contributed by atoms with Gasteiger partial charge in [-0.05, 0) is 79.1 Å². The van der Waals surface area contributed by atoms with Crippen molar-refractivity contribution in [2.75, 3.05) is 0 Å². The van der Waals surface area contributed by atoms with E-state index < -0.39 is 0 Å². The summed E-state index contributed by atoms with van der Waals surface area (Å²) in [5.41, 5.74) is 3.62. The molecule has 0 aromatic carbocycles. The van der Waals surface area contributed by atoms with Gasteiger partial charge in [0, 0.05) is 12.4 Å². The molecule has 0 unspecified atom stereocenters. The Morgan fingerprint density at radius 3 is 2.72 bits per heavy atom. The van der Waals surface area contributed by atoms with Gasteiger partial charge < -0.3 is 10.1 Å². The molecule has 134 valence electrons. The molecule has 4 aliphatic carbocycles. The number of allylic oxidation sites excluding steroid dienone is 3. The minimum absolute atomic E-state index is 0.108. The molecule has 0 bridgehead atoms. The van der Waals surface area contributed by atoms with Gasteiger partial charge in [-0.3, -0.25) is 0 Å². The van der Waals surface area contributed by atoms with Gasteiger partial charge in [-0.1, -0.05) is 31.6 Å². The molecule has 2 saturated carbocycles. The Hall–Kier alpha value is -1.35. The smallest absolute Gasteiger partial charge is 0.133 e. The number of fused-ring (bicyclic) bond motifs is 5. The number of aliphatic hydroxyl groups excluding tert-OH is 1. The summed E-state index contributed by atoms with van der Waals surface area (Å²) in [6, 6.07) is 0. The molecule has 0 aliphatic heterocycles. The van der Waals surface area contributed by atoms with Crippen molar-refractivity contribution in [3.8, 4) is 0 Å². The second kappa shape index (κ2) is 5.33. The molecule has 4 aliphatic rings. The van der Waals surface area contributed by atoms with Crippen LogP contribution < -0.4 is 0 Å². The highest BCUT2D eigenvalue weighted by atomic mass is 16.3. The van der Waals surface area contributed by atoms with Crippen LogP contribution in [0, 0.1) is 28.6 Å². The maximum Gasteiger partial charge on any atom is 0.133 e. The maximum absolute atomic E-state index is 10.1. The van der Waals surface area contributed by atoms with E-state index in [-0.39, 0.29) is 11.5 Å². The van der Waals surface area contributed by atoms with Crippen LogP contribution >= 0.6 is 0 Å². The lowest BCUT2D eigenvalue weighted by Gasteiger charge is -2.57. The normalized spacial score (nSPS) is 45.9. The quantitative estimate of drug-likeness (QED) is 0.728. The molecule has 0 saturated heterocycles. The molecule has 3 nitrogen and oxygen atoms in total. The standard InChI is InChI=1S/C22H30N2O/c1-21-9-7-15(25)13-14(21)3-4-16-17-5-6-19(20-23-11-12-24-20)22(17,2)10-8-18(16)21/h3,6,11-12,15-18,25H,4-5,7-10,13H2,1-2H3,(H,23,24)/t15-,16-,17-,18-,21-,22-/m0/s1. The first-order chi connectivity index (χ1) is 12.0. The number of imidazole rings is 1. The first-order valence-corrected chi connectivity index (χ1v) is 10.1. The number of aliphatic hydroxyl groups is 1. The molecule has 2 N–H and O–H groups in total. The maximum atomic E-state index is 10.1. The fourth-order valence-corrected chi connectivity index (χ4v) is 6.99. The molecule has 25 heavy (non-hydrogen) atoms. The first-order valence-electron chi connectivity index (χ1n) is 10.1. The zero-order chi connectivity index (χ0) is 17.2. The van der Waals surface area contributed by atoms with E-state index in [1.54, 1.807) is 5.57 Å². The van der Waals surface area contributed by atoms with Gasteiger partial charge in [-0.25, -0.2) is 4.98 Å². The minimum Gasteiger partial charge on any atom is -0.393 e. The van der Waals surface area contributed by atoms with Crippen LogP contribution in [0.1, 0.15) is 64.6 Å². The molecule has 0 amide bonds. The molecular formula is C22H30N2O. The minimum atomic E-state index is -0.108. The third-order valence-electron chi connectivity index (χ3n) is 8.41.